The van der Waals surface area contributed by atoms with Gasteiger partial charge in [-0.05, 0) is 53.5 Å². The lowest BCUT2D eigenvalue weighted by Gasteiger charge is -2.28. The highest BCUT2D eigenvalue weighted by Crippen LogP contribution is 2.46. The molecule has 7 rings (SSSR count). The SMILES string of the molecule is CCCCN1c2cccc3cccc(c23)C1C=C1C(=O)C(/C=c2\c3cccc4cccc(c43)n2CCCC)=C1O. The number of nitrogens with zero attached hydrogens (tertiary/aromatic N) is 2. The molecule has 1 unspecified atom stereocenters. The average Bonchev–Trinajstić information content (AvgIpc) is 3.46. The van der Waals surface area contributed by atoms with Crippen molar-refractivity contribution in [1.29, 1.82) is 0 Å². The summed E-state index contributed by atoms with van der Waals surface area (Å²) < 4.78 is 2.32. The van der Waals surface area contributed by atoms with Crippen LogP contribution < -0.4 is 10.2 Å². The van der Waals surface area contributed by atoms with Gasteiger partial charge in [0, 0.05) is 45.8 Å². The summed E-state index contributed by atoms with van der Waals surface area (Å²) in [7, 11) is 0. The van der Waals surface area contributed by atoms with E-state index in [0.717, 1.165) is 49.5 Å². The van der Waals surface area contributed by atoms with Crippen molar-refractivity contribution in [3.8, 4) is 0 Å². The lowest BCUT2D eigenvalue weighted by Crippen LogP contribution is -2.29. The highest BCUT2D eigenvalue weighted by Gasteiger charge is 2.36. The molecule has 0 fully saturated rings. The third kappa shape index (κ3) is 3.62. The molecule has 40 heavy (non-hydrogen) atoms. The van der Waals surface area contributed by atoms with Gasteiger partial charge in [-0.1, -0.05) is 87.4 Å². The molecule has 0 saturated carbocycles. The quantitative estimate of drug-likeness (QED) is 0.209. The first kappa shape index (κ1) is 24.7. The molecule has 4 nitrogen and oxygen atoms in total. The third-order valence-electron chi connectivity index (χ3n) is 8.71. The number of allylic oxidation sites excluding steroid dienone is 2. The summed E-state index contributed by atoms with van der Waals surface area (Å²) >= 11 is 0. The molecule has 2 heterocycles. The lowest BCUT2D eigenvalue weighted by molar-refractivity contribution is -0.113. The molecule has 4 heteroatoms. The van der Waals surface area contributed by atoms with Crippen LogP contribution in [-0.4, -0.2) is 22.0 Å². The molecule has 0 saturated heterocycles. The number of aliphatic hydroxyl groups is 1. The molecule has 1 atom stereocenters. The second-order valence-corrected chi connectivity index (χ2v) is 11.1. The van der Waals surface area contributed by atoms with Crippen LogP contribution in [0.4, 0.5) is 5.69 Å². The first-order chi connectivity index (χ1) is 19.6. The molecule has 0 spiro atoms. The van der Waals surface area contributed by atoms with E-state index in [9.17, 15) is 9.90 Å². The second-order valence-electron chi connectivity index (χ2n) is 11.1. The maximum atomic E-state index is 13.7. The van der Waals surface area contributed by atoms with E-state index in [-0.39, 0.29) is 17.6 Å². The van der Waals surface area contributed by atoms with Crippen molar-refractivity contribution in [2.24, 2.45) is 0 Å². The number of unbranched alkanes of at least 4 members (excludes halogenated alkanes) is 2. The molecule has 0 amide bonds. The summed E-state index contributed by atoms with van der Waals surface area (Å²) in [6, 6.07) is 25.5. The first-order valence-corrected chi connectivity index (χ1v) is 14.6. The van der Waals surface area contributed by atoms with E-state index in [2.05, 4.69) is 96.1 Å². The monoisotopic (exact) mass is 526 g/mol. The number of aromatic nitrogens is 1. The molecule has 1 aliphatic carbocycles. The van der Waals surface area contributed by atoms with E-state index in [4.69, 9.17) is 0 Å². The zero-order valence-electron chi connectivity index (χ0n) is 23.2. The predicted molar refractivity (Wildman–Crippen MR) is 166 cm³/mol. The van der Waals surface area contributed by atoms with Crippen molar-refractivity contribution in [3.05, 3.63) is 107 Å². The van der Waals surface area contributed by atoms with Gasteiger partial charge in [-0.25, -0.2) is 0 Å². The van der Waals surface area contributed by atoms with E-state index >= 15 is 0 Å². The molecule has 1 N–H and O–H groups in total. The highest BCUT2D eigenvalue weighted by molar-refractivity contribution is 6.24. The molecule has 1 aliphatic heterocycles. The van der Waals surface area contributed by atoms with E-state index in [1.807, 2.05) is 12.2 Å². The maximum absolute atomic E-state index is 13.7. The second kappa shape index (κ2) is 9.71. The molecule has 1 aromatic heterocycles. The predicted octanol–water partition coefficient (Wildman–Crippen LogP) is 7.93. The van der Waals surface area contributed by atoms with Crippen molar-refractivity contribution in [1.82, 2.24) is 4.57 Å². The Balaban J connectivity index is 1.35. The Labute approximate surface area is 234 Å². The minimum atomic E-state index is -0.0813. The van der Waals surface area contributed by atoms with Crippen molar-refractivity contribution in [3.63, 3.8) is 0 Å². The number of Topliss-reactive ketones (excluding diaryl/α,β-unsaturated/α-hetero) is 1. The van der Waals surface area contributed by atoms with Crippen molar-refractivity contribution in [2.75, 3.05) is 11.4 Å². The Morgan fingerprint density at radius 3 is 2.25 bits per heavy atom. The van der Waals surface area contributed by atoms with Crippen LogP contribution in [0.3, 0.4) is 0 Å². The number of hydrogen-bond acceptors (Lipinski definition) is 3. The number of rotatable bonds is 8. The number of benzene rings is 4. The van der Waals surface area contributed by atoms with Gasteiger partial charge in [-0.3, -0.25) is 4.79 Å². The third-order valence-corrected chi connectivity index (χ3v) is 8.71. The number of hydrogen-bond donors (Lipinski definition) is 1. The van der Waals surface area contributed by atoms with Gasteiger partial charge in [0.2, 0.25) is 0 Å². The molecule has 4 aromatic carbocycles. The zero-order valence-corrected chi connectivity index (χ0v) is 23.2. The van der Waals surface area contributed by atoms with Gasteiger partial charge < -0.3 is 14.6 Å². The van der Waals surface area contributed by atoms with E-state index in [1.54, 1.807) is 0 Å². The Bertz CT molecular complexity index is 1910. The lowest BCUT2D eigenvalue weighted by atomic mass is 9.85. The van der Waals surface area contributed by atoms with Gasteiger partial charge in [0.15, 0.2) is 5.78 Å². The van der Waals surface area contributed by atoms with Gasteiger partial charge in [0.1, 0.15) is 5.76 Å². The van der Waals surface area contributed by atoms with Crippen molar-refractivity contribution >= 4 is 50.0 Å². The smallest absolute Gasteiger partial charge is 0.200 e. The average molecular weight is 527 g/mol. The summed E-state index contributed by atoms with van der Waals surface area (Å²) in [4.78, 5) is 16.0. The Morgan fingerprint density at radius 1 is 0.825 bits per heavy atom. The van der Waals surface area contributed by atoms with Gasteiger partial charge in [0.05, 0.1) is 17.2 Å². The molecule has 5 aromatic rings. The summed E-state index contributed by atoms with van der Waals surface area (Å²) in [6.45, 7) is 6.17. The Kier molecular flexibility index (Phi) is 6.00. The zero-order chi connectivity index (χ0) is 27.4. The number of anilines is 1. The van der Waals surface area contributed by atoms with Crippen molar-refractivity contribution < 1.29 is 9.90 Å². The summed E-state index contributed by atoms with van der Waals surface area (Å²) in [5, 5.41) is 18.3. The van der Waals surface area contributed by atoms with Crippen LogP contribution >= 0.6 is 0 Å². The molecular weight excluding hydrogens is 492 g/mol. The minimum Gasteiger partial charge on any atom is -0.506 e. The molecular formula is C36H34N2O2. The van der Waals surface area contributed by atoms with Gasteiger partial charge in [-0.15, -0.1) is 0 Å². The number of carbonyl (C=O) groups excluding carboxylic acids is 1. The molecule has 0 radical (unpaired) electrons. The van der Waals surface area contributed by atoms with Crippen molar-refractivity contribution in [2.45, 2.75) is 52.1 Å². The fraction of sp³-hybridized carbons (Fsp3) is 0.250. The first-order valence-electron chi connectivity index (χ1n) is 14.6. The van der Waals surface area contributed by atoms with Crippen LogP contribution in [0.5, 0.6) is 0 Å². The number of aryl methyl sites for hydroxylation is 1. The fourth-order valence-corrected chi connectivity index (χ4v) is 6.69. The number of aliphatic hydroxyl groups excluding tert-OH is 1. The van der Waals surface area contributed by atoms with E-state index in [1.165, 1.54) is 38.3 Å². The van der Waals surface area contributed by atoms with Crippen LogP contribution in [0.15, 0.2) is 95.8 Å². The standard InChI is InChI=1S/C36H34N2O2/c1-3-5-19-37-29-17-9-13-23-11-7-15-25(33(23)29)31(37)21-27-35(39)28(36(27)40)22-32-26-16-8-12-24-14-10-18-30(34(24)26)38(32)20-6-4-2/h7-18,21-22,31,39H,3-6,19-20H2,1-2H3/b27-21?,32-22+. The van der Waals surface area contributed by atoms with Gasteiger partial charge in [-0.2, -0.15) is 0 Å². The fourth-order valence-electron chi connectivity index (χ4n) is 6.69. The largest absolute Gasteiger partial charge is 0.506 e. The van der Waals surface area contributed by atoms with Crippen LogP contribution in [0.2, 0.25) is 0 Å². The molecule has 0 bridgehead atoms. The topological polar surface area (TPSA) is 45.5 Å². The van der Waals surface area contributed by atoms with Gasteiger partial charge >= 0.3 is 0 Å². The Morgan fingerprint density at radius 2 is 1.50 bits per heavy atom. The maximum Gasteiger partial charge on any atom is 0.200 e. The molecule has 200 valence electrons. The summed E-state index contributed by atoms with van der Waals surface area (Å²) in [6.07, 6.45) is 8.20. The van der Waals surface area contributed by atoms with Crippen LogP contribution in [0.1, 0.15) is 51.1 Å². The van der Waals surface area contributed by atoms with Crippen LogP contribution in [-0.2, 0) is 11.3 Å². The Hall–Kier alpha value is -4.31. The number of ketones is 1. The summed E-state index contributed by atoms with van der Waals surface area (Å²) in [5.41, 5.74) is 4.43. The minimum absolute atomic E-state index is 0.0755. The normalized spacial score (nSPS) is 18.3. The summed E-state index contributed by atoms with van der Waals surface area (Å²) in [5.74, 6) is 0.0248. The molecule has 2 aliphatic rings. The van der Waals surface area contributed by atoms with E-state index in [0.29, 0.717) is 11.1 Å². The highest BCUT2D eigenvalue weighted by atomic mass is 16.3. The van der Waals surface area contributed by atoms with Crippen LogP contribution in [0, 0.1) is 0 Å². The number of carbonyl (C=O) groups is 1. The van der Waals surface area contributed by atoms with Gasteiger partial charge in [0.25, 0.3) is 0 Å². The van der Waals surface area contributed by atoms with Crippen LogP contribution in [0.25, 0.3) is 38.5 Å². The van der Waals surface area contributed by atoms with E-state index < -0.39 is 0 Å².